The van der Waals surface area contributed by atoms with Crippen LogP contribution in [0.15, 0.2) is 67.0 Å². The van der Waals surface area contributed by atoms with E-state index in [1.54, 1.807) is 24.5 Å². The van der Waals surface area contributed by atoms with Crippen molar-refractivity contribution in [2.45, 2.75) is 0 Å². The lowest BCUT2D eigenvalue weighted by Gasteiger charge is -2.09. The van der Waals surface area contributed by atoms with E-state index < -0.39 is 11.9 Å². The number of carbonyl (C=O) groups excluding carboxylic acids is 2. The molecule has 4 aromatic rings. The lowest BCUT2D eigenvalue weighted by Crippen LogP contribution is -2.08. The van der Waals surface area contributed by atoms with Crippen LogP contribution < -0.4 is 0 Å². The minimum Gasteiger partial charge on any atom is -0.464 e. The molecule has 0 radical (unpaired) electrons. The van der Waals surface area contributed by atoms with Crippen molar-refractivity contribution in [3.8, 4) is 22.8 Å². The van der Waals surface area contributed by atoms with Crippen LogP contribution in [0.3, 0.4) is 0 Å². The molecule has 0 aliphatic rings. The predicted molar refractivity (Wildman–Crippen MR) is 107 cm³/mol. The molecular formula is C21H17N5O4. The van der Waals surface area contributed by atoms with Gasteiger partial charge in [-0.25, -0.2) is 23.9 Å². The van der Waals surface area contributed by atoms with Crippen LogP contribution in [0.25, 0.3) is 22.8 Å². The minimum atomic E-state index is -0.539. The number of rotatable bonds is 5. The number of methoxy groups -OCH3 is 2. The first-order valence-corrected chi connectivity index (χ1v) is 8.95. The molecule has 0 aliphatic heterocycles. The maximum atomic E-state index is 11.8. The highest BCUT2D eigenvalue weighted by atomic mass is 16.5. The Morgan fingerprint density at radius 3 is 1.70 bits per heavy atom. The number of esters is 2. The molecular weight excluding hydrogens is 386 g/mol. The number of nitrogens with zero attached hydrogens (tertiary/aromatic N) is 5. The van der Waals surface area contributed by atoms with Crippen molar-refractivity contribution >= 4 is 11.9 Å². The van der Waals surface area contributed by atoms with Crippen molar-refractivity contribution in [2.24, 2.45) is 0 Å². The fourth-order valence-corrected chi connectivity index (χ4v) is 2.86. The van der Waals surface area contributed by atoms with Gasteiger partial charge in [0.1, 0.15) is 0 Å². The van der Waals surface area contributed by atoms with Crippen molar-refractivity contribution < 1.29 is 19.1 Å². The molecule has 1 aromatic carbocycles. The Morgan fingerprint density at radius 1 is 0.733 bits per heavy atom. The van der Waals surface area contributed by atoms with Gasteiger partial charge in [0, 0.05) is 12.4 Å². The molecule has 0 saturated heterocycles. The Hall–Kier alpha value is -4.27. The Morgan fingerprint density at radius 2 is 1.23 bits per heavy atom. The van der Waals surface area contributed by atoms with Gasteiger partial charge in [0.15, 0.2) is 23.0 Å². The first-order valence-electron chi connectivity index (χ1n) is 8.95. The fourth-order valence-electron chi connectivity index (χ4n) is 2.86. The average molecular weight is 403 g/mol. The van der Waals surface area contributed by atoms with E-state index in [1.165, 1.54) is 23.6 Å². The number of aromatic nitrogens is 5. The summed E-state index contributed by atoms with van der Waals surface area (Å²) in [6, 6.07) is 16.5. The maximum absolute atomic E-state index is 11.8. The normalized spacial score (nSPS) is 10.6. The molecule has 150 valence electrons. The van der Waals surface area contributed by atoms with Crippen molar-refractivity contribution in [3.63, 3.8) is 0 Å². The molecule has 0 N–H and O–H groups in total. The van der Waals surface area contributed by atoms with E-state index in [4.69, 9.17) is 9.47 Å². The number of ether oxygens (including phenoxy) is 2. The van der Waals surface area contributed by atoms with Gasteiger partial charge in [0.2, 0.25) is 0 Å². The second kappa shape index (κ2) is 8.00. The zero-order valence-corrected chi connectivity index (χ0v) is 16.2. The summed E-state index contributed by atoms with van der Waals surface area (Å²) in [5.74, 6) is -0.140. The minimum absolute atomic E-state index is 0.165. The Bertz CT molecular complexity index is 1140. The van der Waals surface area contributed by atoms with Crippen LogP contribution in [0.4, 0.5) is 0 Å². The van der Waals surface area contributed by atoms with Crippen LogP contribution in [0.1, 0.15) is 21.0 Å². The average Bonchev–Trinajstić information content (AvgIpc) is 3.49. The monoisotopic (exact) mass is 403 g/mol. The number of pyridine rings is 1. The van der Waals surface area contributed by atoms with Gasteiger partial charge >= 0.3 is 11.9 Å². The van der Waals surface area contributed by atoms with Crippen molar-refractivity contribution in [3.05, 3.63) is 78.4 Å². The summed E-state index contributed by atoms with van der Waals surface area (Å²) >= 11 is 0. The molecule has 9 nitrogen and oxygen atoms in total. The quantitative estimate of drug-likeness (QED) is 0.472. The highest BCUT2D eigenvalue weighted by Gasteiger charge is 2.15. The summed E-state index contributed by atoms with van der Waals surface area (Å²) in [6.45, 7) is 0. The highest BCUT2D eigenvalue weighted by molar-refractivity contribution is 5.87. The van der Waals surface area contributed by atoms with Crippen LogP contribution in [0.2, 0.25) is 0 Å². The summed E-state index contributed by atoms with van der Waals surface area (Å²) in [6.07, 6.45) is 3.24. The Balaban J connectivity index is 1.83. The molecule has 0 fully saturated rings. The van der Waals surface area contributed by atoms with Crippen LogP contribution in [0, 0.1) is 0 Å². The van der Waals surface area contributed by atoms with Gasteiger partial charge in [0.05, 0.1) is 14.2 Å². The number of hydrogen-bond acceptors (Lipinski definition) is 7. The van der Waals surface area contributed by atoms with Crippen molar-refractivity contribution in [2.75, 3.05) is 14.2 Å². The third-order valence-electron chi connectivity index (χ3n) is 4.34. The van der Waals surface area contributed by atoms with Crippen molar-refractivity contribution in [1.82, 2.24) is 24.5 Å². The third kappa shape index (κ3) is 3.68. The molecule has 0 saturated carbocycles. The molecule has 3 heterocycles. The highest BCUT2D eigenvalue weighted by Crippen LogP contribution is 2.24. The lowest BCUT2D eigenvalue weighted by atomic mass is 10.1. The summed E-state index contributed by atoms with van der Waals surface area (Å²) in [4.78, 5) is 28.1. The number of benzene rings is 1. The smallest absolute Gasteiger partial charge is 0.358 e. The van der Waals surface area contributed by atoms with Gasteiger partial charge in [-0.05, 0) is 35.4 Å². The van der Waals surface area contributed by atoms with Crippen LogP contribution >= 0.6 is 0 Å². The van der Waals surface area contributed by atoms with Gasteiger partial charge in [0.25, 0.3) is 0 Å². The molecule has 3 aromatic heterocycles. The van der Waals surface area contributed by atoms with E-state index in [9.17, 15) is 9.59 Å². The van der Waals surface area contributed by atoms with Gasteiger partial charge < -0.3 is 9.47 Å². The summed E-state index contributed by atoms with van der Waals surface area (Å²) in [5.41, 5.74) is 2.15. The SMILES string of the molecule is COC(=O)c1ccn(-c2cc(-c3ccccc3)cc(-n3ccc(C(=O)OC)n3)n2)n1. The standard InChI is InChI=1S/C21H17N5O4/c1-29-20(27)16-8-10-25(23-16)18-12-15(14-6-4-3-5-7-14)13-19(22-18)26-11-9-17(24-26)21(28)30-2/h3-13H,1-2H3. The third-order valence-corrected chi connectivity index (χ3v) is 4.34. The van der Waals surface area contributed by atoms with Crippen molar-refractivity contribution in [1.29, 1.82) is 0 Å². The maximum Gasteiger partial charge on any atom is 0.358 e. The summed E-state index contributed by atoms with van der Waals surface area (Å²) in [7, 11) is 2.59. The molecule has 4 rings (SSSR count). The van der Waals surface area contributed by atoms with Gasteiger partial charge in [-0.2, -0.15) is 10.2 Å². The predicted octanol–water partition coefficient (Wildman–Crippen LogP) is 2.69. The Kier molecular flexibility index (Phi) is 5.08. The topological polar surface area (TPSA) is 101 Å². The molecule has 0 atom stereocenters. The largest absolute Gasteiger partial charge is 0.464 e. The first kappa shape index (κ1) is 19.1. The molecule has 0 unspecified atom stereocenters. The zero-order valence-electron chi connectivity index (χ0n) is 16.2. The summed E-state index contributed by atoms with van der Waals surface area (Å²) < 4.78 is 12.4. The zero-order chi connectivity index (χ0) is 21.1. The fraction of sp³-hybridized carbons (Fsp3) is 0.0952. The van der Waals surface area contributed by atoms with E-state index in [2.05, 4.69) is 15.2 Å². The first-order chi connectivity index (χ1) is 14.6. The second-order valence-electron chi connectivity index (χ2n) is 6.21. The molecule has 9 heteroatoms. The van der Waals surface area contributed by atoms with Crippen LogP contribution in [-0.4, -0.2) is 50.7 Å². The van der Waals surface area contributed by atoms with E-state index in [1.807, 2.05) is 42.5 Å². The van der Waals surface area contributed by atoms with Crippen LogP contribution in [-0.2, 0) is 9.47 Å². The Labute approximate surface area is 171 Å². The molecule has 0 spiro atoms. The molecule has 0 amide bonds. The van der Waals surface area contributed by atoms with Gasteiger partial charge in [-0.1, -0.05) is 30.3 Å². The number of carbonyl (C=O) groups is 2. The van der Waals surface area contributed by atoms with E-state index >= 15 is 0 Å². The lowest BCUT2D eigenvalue weighted by molar-refractivity contribution is 0.0585. The second-order valence-corrected chi connectivity index (χ2v) is 6.21. The van der Waals surface area contributed by atoms with Gasteiger partial charge in [-0.15, -0.1) is 0 Å². The number of hydrogen-bond donors (Lipinski definition) is 0. The summed E-state index contributed by atoms with van der Waals surface area (Å²) in [5, 5.41) is 8.49. The van der Waals surface area contributed by atoms with E-state index in [0.29, 0.717) is 11.6 Å². The van der Waals surface area contributed by atoms with Gasteiger partial charge in [-0.3, -0.25) is 0 Å². The van der Waals surface area contributed by atoms with E-state index in [0.717, 1.165) is 11.1 Å². The molecule has 0 aliphatic carbocycles. The molecule has 0 bridgehead atoms. The van der Waals surface area contributed by atoms with E-state index in [-0.39, 0.29) is 11.4 Å². The van der Waals surface area contributed by atoms with Crippen LogP contribution in [0.5, 0.6) is 0 Å². The molecule has 30 heavy (non-hydrogen) atoms.